The largest absolute Gasteiger partial charge is 0.388 e. The van der Waals surface area contributed by atoms with Gasteiger partial charge in [0.25, 0.3) is 0 Å². The van der Waals surface area contributed by atoms with Gasteiger partial charge in [0.2, 0.25) is 0 Å². The van der Waals surface area contributed by atoms with Crippen LogP contribution in [-0.2, 0) is 156 Å². The van der Waals surface area contributed by atoms with Crippen LogP contribution in [0.1, 0.15) is 159 Å². The third-order valence-corrected chi connectivity index (χ3v) is 16.1. The number of nitrogens with two attached hydrogens (primary N) is 1. The highest BCUT2D eigenvalue weighted by molar-refractivity contribution is 4.72. The van der Waals surface area contributed by atoms with Crippen molar-refractivity contribution in [3.05, 3.63) is 0 Å². The van der Waals surface area contributed by atoms with Gasteiger partial charge in [-0.05, 0) is 165 Å². The van der Waals surface area contributed by atoms with Crippen LogP contribution in [0.2, 0.25) is 0 Å². The van der Waals surface area contributed by atoms with E-state index < -0.39 is 136 Å². The molecule has 0 aromatic rings. The molecule has 22 atom stereocenters. The molecule has 0 amide bonds. The van der Waals surface area contributed by atoms with Gasteiger partial charge in [-0.25, -0.2) is 0 Å². The summed E-state index contributed by atoms with van der Waals surface area (Å²) in [5, 5.41) is 10.9. The Morgan fingerprint density at radius 2 is 0.296 bits per heavy atom. The fourth-order valence-corrected chi connectivity index (χ4v) is 10.1. The first kappa shape index (κ1) is 114. The van der Waals surface area contributed by atoms with E-state index in [1.165, 1.54) is 0 Å². The molecule has 35 nitrogen and oxygen atoms in total. The van der Waals surface area contributed by atoms with Gasteiger partial charge in [-0.1, -0.05) is 0 Å². The van der Waals surface area contributed by atoms with Crippen LogP contribution < -0.4 is 5.73 Å². The quantitative estimate of drug-likeness (QED) is 0.0430. The fraction of sp³-hybridized carbons (Fsp3) is 1.00. The molecule has 0 fully saturated rings. The van der Waals surface area contributed by atoms with Crippen molar-refractivity contribution in [2.75, 3.05) is 231 Å². The predicted octanol–water partition coefficient (Wildman–Crippen LogP) is 7.95. The van der Waals surface area contributed by atoms with Crippen LogP contribution in [0.4, 0.5) is 0 Å². The van der Waals surface area contributed by atoms with Gasteiger partial charge < -0.3 is 167 Å². The Morgan fingerprint density at radius 1 is 0.174 bits per heavy atom. The van der Waals surface area contributed by atoms with Gasteiger partial charge in [0.05, 0.1) is 145 Å². The van der Waals surface area contributed by atoms with Gasteiger partial charge in [-0.2, -0.15) is 0 Å². The normalized spacial score (nSPS) is 18.2. The van der Waals surface area contributed by atoms with Gasteiger partial charge in [-0.3, -0.25) is 0 Å². The zero-order chi connectivity index (χ0) is 85.5. The Bertz CT molecular complexity index is 2020. The molecule has 0 rings (SSSR count). The first-order valence-corrected chi connectivity index (χ1v) is 42.1. The summed E-state index contributed by atoms with van der Waals surface area (Å²) < 4.78 is 202. The molecule has 115 heavy (non-hydrogen) atoms. The molecule has 0 aliphatic carbocycles. The fourth-order valence-electron chi connectivity index (χ4n) is 10.1. The van der Waals surface area contributed by atoms with Crippen molar-refractivity contribution in [1.82, 2.24) is 0 Å². The Kier molecular flexibility index (Phi) is 77.6. The minimum atomic E-state index is -0.971. The minimum absolute atomic E-state index is 0.000566. The Labute approximate surface area is 690 Å². The molecule has 692 valence electrons. The summed E-state index contributed by atoms with van der Waals surface area (Å²) >= 11 is 0. The lowest BCUT2D eigenvalue weighted by Crippen LogP contribution is -2.41. The lowest BCUT2D eigenvalue weighted by atomic mass is 10.3. The van der Waals surface area contributed by atoms with Gasteiger partial charge in [0.1, 0.15) is 67.1 Å². The molecular weight excluding hydrogens is 1520 g/mol. The van der Waals surface area contributed by atoms with E-state index in [0.29, 0.717) is 92.2 Å². The standard InChI is InChI=1S/C80H163NO34/c1-23-84-59(12)95-37-70(82)38-106-72(41-97-61(14)86-25-3)50-108-74(43-99-63(16)88-27-5)52-110-76(45-101-65(18)90-29-7)54-112-78(47-103-67(20)92-31-9)56-114-80(49-105-69(22)94-33-11)58-115-79(48-104-68(21)93-32-10)57-113-77(46-102-66(19)91-30-8)55-111-75(44-100-64(17)89-28-6)53-109-73(42-98-62(15)87-26-4)51-107-71(39-83-36-34-35-81)40-96-60(13)85-24-2/h59-80,82H,23-58,81H2,1-22H3. The summed E-state index contributed by atoms with van der Waals surface area (Å²) in [7, 11) is 0. The summed E-state index contributed by atoms with van der Waals surface area (Å²) in [5.41, 5.74) is 5.76. The molecule has 22 unspecified atom stereocenters. The number of hydrogen-bond acceptors (Lipinski definition) is 35. The van der Waals surface area contributed by atoms with Crippen molar-refractivity contribution < 1.29 is 161 Å². The third-order valence-electron chi connectivity index (χ3n) is 16.1. The molecule has 0 radical (unpaired) electrons. The first-order chi connectivity index (χ1) is 55.5. The van der Waals surface area contributed by atoms with E-state index in [2.05, 4.69) is 0 Å². The molecule has 0 aliphatic rings. The average molecular weight is 1680 g/mol. The summed E-state index contributed by atoms with van der Waals surface area (Å²) in [6.45, 7) is 47.2. The Balaban J connectivity index is 7.42. The first-order valence-electron chi connectivity index (χ1n) is 42.1. The van der Waals surface area contributed by atoms with Crippen LogP contribution >= 0.6 is 0 Å². The molecule has 35 heteroatoms. The van der Waals surface area contributed by atoms with Gasteiger partial charge in [0.15, 0.2) is 69.2 Å². The zero-order valence-electron chi connectivity index (χ0n) is 74.7. The maximum Gasteiger partial charge on any atom is 0.154 e. The van der Waals surface area contributed by atoms with E-state index in [-0.39, 0.29) is 145 Å². The highest BCUT2D eigenvalue weighted by atomic mass is 16.7. The maximum absolute atomic E-state index is 10.9. The lowest BCUT2D eigenvalue weighted by Gasteiger charge is -2.30. The monoisotopic (exact) mass is 1680 g/mol. The van der Waals surface area contributed by atoms with Crippen molar-refractivity contribution in [3.63, 3.8) is 0 Å². The summed E-state index contributed by atoms with van der Waals surface area (Å²) in [6.07, 6.45) is -13.2. The molecule has 0 spiro atoms. The Morgan fingerprint density at radius 3 is 0.443 bits per heavy atom. The van der Waals surface area contributed by atoms with Crippen molar-refractivity contribution >= 4 is 0 Å². The number of hydrogen-bond donors (Lipinski definition) is 2. The van der Waals surface area contributed by atoms with Crippen molar-refractivity contribution in [2.45, 2.75) is 295 Å². The number of aliphatic hydroxyl groups is 1. The maximum atomic E-state index is 10.9. The predicted molar refractivity (Wildman–Crippen MR) is 425 cm³/mol. The average Bonchev–Trinajstić information content (AvgIpc) is 0.921. The van der Waals surface area contributed by atoms with E-state index in [9.17, 15) is 5.11 Å². The number of aliphatic hydroxyl groups excluding tert-OH is 1. The van der Waals surface area contributed by atoms with Crippen molar-refractivity contribution in [1.29, 1.82) is 0 Å². The molecule has 0 heterocycles. The van der Waals surface area contributed by atoms with Crippen LogP contribution in [0.25, 0.3) is 0 Å². The van der Waals surface area contributed by atoms with E-state index >= 15 is 0 Å². The molecule has 0 bridgehead atoms. The van der Waals surface area contributed by atoms with Crippen molar-refractivity contribution in [3.8, 4) is 0 Å². The molecule has 0 saturated heterocycles. The third kappa shape index (κ3) is 67.7. The molecular formula is C80H163NO34. The lowest BCUT2D eigenvalue weighted by molar-refractivity contribution is -0.207. The molecule has 0 aromatic carbocycles. The zero-order valence-corrected chi connectivity index (χ0v) is 74.7. The van der Waals surface area contributed by atoms with E-state index in [1.807, 2.05) is 104 Å². The second-order valence-electron chi connectivity index (χ2n) is 26.3. The highest BCUT2D eigenvalue weighted by Gasteiger charge is 2.29. The molecule has 0 aliphatic heterocycles. The smallest absolute Gasteiger partial charge is 0.154 e. The second kappa shape index (κ2) is 78.6. The van der Waals surface area contributed by atoms with Gasteiger partial charge in [0, 0.05) is 79.3 Å². The van der Waals surface area contributed by atoms with Crippen LogP contribution in [0.15, 0.2) is 0 Å². The Hall–Kier alpha value is -1.40. The second-order valence-corrected chi connectivity index (χ2v) is 26.3. The molecule has 0 aromatic heterocycles. The number of rotatable bonds is 90. The number of ether oxygens (including phenoxy) is 33. The van der Waals surface area contributed by atoms with E-state index in [4.69, 9.17) is 162 Å². The van der Waals surface area contributed by atoms with Gasteiger partial charge in [-0.15, -0.1) is 0 Å². The van der Waals surface area contributed by atoms with E-state index in [0.717, 1.165) is 0 Å². The van der Waals surface area contributed by atoms with E-state index in [1.54, 1.807) is 48.5 Å². The summed E-state index contributed by atoms with van der Waals surface area (Å²) in [4.78, 5) is 0. The minimum Gasteiger partial charge on any atom is -0.388 e. The molecule has 3 N–H and O–H groups in total. The summed E-state index contributed by atoms with van der Waals surface area (Å²) in [5.74, 6) is 0. The van der Waals surface area contributed by atoms with Crippen molar-refractivity contribution in [2.24, 2.45) is 5.73 Å². The van der Waals surface area contributed by atoms with Gasteiger partial charge >= 0.3 is 0 Å². The van der Waals surface area contributed by atoms with Crippen LogP contribution in [0.5, 0.6) is 0 Å². The topological polar surface area (TPSA) is 351 Å². The summed E-state index contributed by atoms with van der Waals surface area (Å²) in [6, 6.07) is 0. The van der Waals surface area contributed by atoms with Crippen LogP contribution in [-0.4, -0.2) is 373 Å². The van der Waals surface area contributed by atoms with Crippen LogP contribution in [0, 0.1) is 0 Å². The van der Waals surface area contributed by atoms with Crippen LogP contribution in [0.3, 0.4) is 0 Å². The molecule has 0 saturated carbocycles. The SMILES string of the molecule is CCOC(C)OCC(O)COC(COC(COC(COC(COC(COC(COC(COC(COC(COC(COCCCN)COC(C)OCC)COC(C)OCC)COC(C)OCC)COC(C)OCC)COC(C)OCC)COC(C)OCC)COC(C)OCC)COC(C)OCC)COC(C)OCC)COC(C)OCC. The highest BCUT2D eigenvalue weighted by Crippen LogP contribution is 2.17.